The van der Waals surface area contributed by atoms with Crippen molar-refractivity contribution >= 4 is 46.0 Å². The number of aromatic nitrogens is 4. The van der Waals surface area contributed by atoms with Crippen LogP contribution in [0.3, 0.4) is 0 Å². The largest absolute Gasteiger partial charge is 0.504 e. The zero-order chi connectivity index (χ0) is 31.1. The number of likely N-dealkylation sites (N-methyl/N-ethyl adjacent to an activating group) is 1. The number of anilines is 2. The Balaban J connectivity index is 1.36. The molecule has 4 N–H and O–H groups in total. The molecule has 2 amide bonds. The van der Waals surface area contributed by atoms with Gasteiger partial charge in [-0.15, -0.1) is 0 Å². The maximum Gasteiger partial charge on any atom is 0.263 e. The average Bonchev–Trinajstić information content (AvgIpc) is 3.75. The summed E-state index contributed by atoms with van der Waals surface area (Å²) in [7, 11) is 3.42. The van der Waals surface area contributed by atoms with Gasteiger partial charge < -0.3 is 35.3 Å². The molecule has 44 heavy (non-hydrogen) atoms. The number of pyridine rings is 1. The Morgan fingerprint density at radius 3 is 2.57 bits per heavy atom. The fourth-order valence-electron chi connectivity index (χ4n) is 5.45. The lowest BCUT2D eigenvalue weighted by molar-refractivity contribution is -0.116. The van der Waals surface area contributed by atoms with E-state index in [0.717, 1.165) is 44.8 Å². The van der Waals surface area contributed by atoms with Gasteiger partial charge in [0.25, 0.3) is 11.5 Å². The van der Waals surface area contributed by atoms with Crippen LogP contribution in [0, 0.1) is 5.92 Å². The summed E-state index contributed by atoms with van der Waals surface area (Å²) in [5.41, 5.74) is 6.60. The van der Waals surface area contributed by atoms with Crippen LogP contribution in [0.5, 0.6) is 11.5 Å². The molecule has 0 unspecified atom stereocenters. The van der Waals surface area contributed by atoms with E-state index in [4.69, 9.17) is 22.1 Å². The number of benzene rings is 1. The van der Waals surface area contributed by atoms with Crippen molar-refractivity contribution in [2.45, 2.75) is 25.9 Å². The predicted molar refractivity (Wildman–Crippen MR) is 166 cm³/mol. The first kappa shape index (κ1) is 29.5. The molecule has 1 saturated carbocycles. The second-order valence-corrected chi connectivity index (χ2v) is 11.7. The molecule has 0 spiro atoms. The summed E-state index contributed by atoms with van der Waals surface area (Å²) in [6.45, 7) is 3.77. The van der Waals surface area contributed by atoms with Gasteiger partial charge in [0, 0.05) is 50.6 Å². The predicted octanol–water partition coefficient (Wildman–Crippen LogP) is 2.53. The number of phenols is 1. The molecule has 1 aliphatic heterocycles. The number of methoxy groups -OCH3 is 1. The number of nitrogens with two attached hydrogens (primary N) is 1. The van der Waals surface area contributed by atoms with Gasteiger partial charge in [-0.2, -0.15) is 0 Å². The Kier molecular flexibility index (Phi) is 7.91. The van der Waals surface area contributed by atoms with Crippen molar-refractivity contribution in [2.24, 2.45) is 11.7 Å². The topological polar surface area (TPSA) is 161 Å². The molecule has 1 aromatic carbocycles. The van der Waals surface area contributed by atoms with Crippen LogP contribution in [-0.2, 0) is 17.9 Å². The number of ether oxygens (including phenoxy) is 1. The molecular formula is C30H33ClN8O5. The molecule has 4 heterocycles. The van der Waals surface area contributed by atoms with E-state index >= 15 is 0 Å². The Morgan fingerprint density at radius 2 is 1.89 bits per heavy atom. The van der Waals surface area contributed by atoms with Crippen molar-refractivity contribution in [2.75, 3.05) is 50.6 Å². The number of nitrogens with zero attached hydrogens (tertiary/aromatic N) is 6. The molecule has 1 aliphatic carbocycles. The van der Waals surface area contributed by atoms with Gasteiger partial charge in [0.15, 0.2) is 11.5 Å². The number of rotatable bonds is 9. The third-order valence-electron chi connectivity index (χ3n) is 8.12. The molecular weight excluding hydrogens is 588 g/mol. The number of primary amides is 1. The van der Waals surface area contributed by atoms with Gasteiger partial charge in [0.1, 0.15) is 18.0 Å². The van der Waals surface area contributed by atoms with Crippen LogP contribution < -0.4 is 26.2 Å². The summed E-state index contributed by atoms with van der Waals surface area (Å²) >= 11 is 6.41. The Hall–Kier alpha value is -4.62. The van der Waals surface area contributed by atoms with Crippen molar-refractivity contribution in [1.29, 1.82) is 0 Å². The molecule has 3 aromatic heterocycles. The van der Waals surface area contributed by atoms with Crippen molar-refractivity contribution in [3.63, 3.8) is 0 Å². The van der Waals surface area contributed by atoms with Crippen molar-refractivity contribution in [3.05, 3.63) is 57.9 Å². The number of amides is 2. The van der Waals surface area contributed by atoms with Crippen molar-refractivity contribution in [1.82, 2.24) is 24.0 Å². The highest BCUT2D eigenvalue weighted by atomic mass is 35.5. The number of piperazine rings is 1. The second kappa shape index (κ2) is 11.8. The number of aromatic hydroxyl groups is 1. The van der Waals surface area contributed by atoms with Crippen LogP contribution in [0.25, 0.3) is 22.2 Å². The van der Waals surface area contributed by atoms with E-state index in [1.165, 1.54) is 31.8 Å². The van der Waals surface area contributed by atoms with Gasteiger partial charge >= 0.3 is 0 Å². The minimum Gasteiger partial charge on any atom is -0.504 e. The highest BCUT2D eigenvalue weighted by Crippen LogP contribution is 2.38. The third kappa shape index (κ3) is 5.80. The number of nitrogens with one attached hydrogen (secondary N) is 1. The van der Waals surface area contributed by atoms with Crippen LogP contribution in [0.15, 0.2) is 41.7 Å². The lowest BCUT2D eigenvalue weighted by Gasteiger charge is -2.33. The average molecular weight is 621 g/mol. The summed E-state index contributed by atoms with van der Waals surface area (Å²) in [4.78, 5) is 52.7. The Bertz CT molecular complexity index is 1820. The fraction of sp³-hybridized carbons (Fsp3) is 0.367. The van der Waals surface area contributed by atoms with Crippen molar-refractivity contribution < 1.29 is 19.4 Å². The lowest BCUT2D eigenvalue weighted by atomic mass is 10.0. The molecule has 4 aromatic rings. The number of carbonyl (C=O) groups is 2. The Morgan fingerprint density at radius 1 is 1.14 bits per heavy atom. The first-order valence-electron chi connectivity index (χ1n) is 14.3. The van der Waals surface area contributed by atoms with E-state index in [2.05, 4.69) is 32.1 Å². The van der Waals surface area contributed by atoms with Crippen LogP contribution in [0.2, 0.25) is 5.02 Å². The smallest absolute Gasteiger partial charge is 0.263 e. The van der Waals surface area contributed by atoms with Gasteiger partial charge in [-0.1, -0.05) is 11.6 Å². The van der Waals surface area contributed by atoms with Crippen LogP contribution in [-0.4, -0.2) is 81.3 Å². The van der Waals surface area contributed by atoms with Crippen LogP contribution in [0.4, 0.5) is 11.5 Å². The third-order valence-corrected chi connectivity index (χ3v) is 8.42. The van der Waals surface area contributed by atoms with Gasteiger partial charge in [-0.3, -0.25) is 19.0 Å². The summed E-state index contributed by atoms with van der Waals surface area (Å²) in [6, 6.07) is 4.66. The molecule has 0 radical (unpaired) electrons. The zero-order valence-corrected chi connectivity index (χ0v) is 25.2. The summed E-state index contributed by atoms with van der Waals surface area (Å²) in [5, 5.41) is 13.9. The normalized spacial score (nSPS) is 15.5. The fourth-order valence-corrected chi connectivity index (χ4v) is 5.60. The molecule has 230 valence electrons. The highest BCUT2D eigenvalue weighted by Gasteiger charge is 2.26. The molecule has 6 rings (SSSR count). The molecule has 13 nitrogen and oxygen atoms in total. The van der Waals surface area contributed by atoms with Crippen LogP contribution >= 0.6 is 11.6 Å². The maximum atomic E-state index is 13.8. The standard InChI is InChI=1S/C30H33ClN8O5/c1-36-5-7-37(8-6-36)24-11-22(21(31)12-33-24)35-25(40)15-38-14-20(18-9-19(28(32)42)27(41)23(10-18)44-2)26-29(38)34-16-39(30(26)43)13-17-3-4-17/h9-12,14,16-17,41H,3-8,13,15H2,1-2H3,(H2,32,42)(H,33,35,40). The van der Waals surface area contributed by atoms with E-state index in [9.17, 15) is 19.5 Å². The molecule has 14 heteroatoms. The SMILES string of the molecule is COc1cc(-c2cn(CC(=O)Nc3cc(N4CCN(C)CC4)ncc3Cl)c3ncn(CC4CC4)c(=O)c23)cc(C(N)=O)c1O. The van der Waals surface area contributed by atoms with Gasteiger partial charge in [-0.25, -0.2) is 9.97 Å². The Labute approximate surface area is 257 Å². The minimum atomic E-state index is -0.861. The van der Waals surface area contributed by atoms with Crippen molar-refractivity contribution in [3.8, 4) is 22.6 Å². The van der Waals surface area contributed by atoms with E-state index in [0.29, 0.717) is 39.9 Å². The number of hydrogen-bond acceptors (Lipinski definition) is 9. The number of carbonyl (C=O) groups excluding carboxylic acids is 2. The second-order valence-electron chi connectivity index (χ2n) is 11.3. The maximum absolute atomic E-state index is 13.8. The first-order valence-corrected chi connectivity index (χ1v) is 14.7. The summed E-state index contributed by atoms with van der Waals surface area (Å²) in [6.07, 6.45) is 6.73. The van der Waals surface area contributed by atoms with E-state index < -0.39 is 17.6 Å². The highest BCUT2D eigenvalue weighted by molar-refractivity contribution is 6.33. The molecule has 1 saturated heterocycles. The molecule has 2 aliphatic rings. The van der Waals surface area contributed by atoms with E-state index in [1.807, 2.05) is 0 Å². The van der Waals surface area contributed by atoms with E-state index in [1.54, 1.807) is 21.4 Å². The summed E-state index contributed by atoms with van der Waals surface area (Å²) in [5.74, 6) is -0.506. The minimum absolute atomic E-state index is 0.0145. The number of fused-ring (bicyclic) bond motifs is 1. The lowest BCUT2D eigenvalue weighted by Crippen LogP contribution is -2.44. The monoisotopic (exact) mass is 620 g/mol. The van der Waals surface area contributed by atoms with E-state index in [-0.39, 0.29) is 28.8 Å². The molecule has 0 atom stereocenters. The van der Waals surface area contributed by atoms with Gasteiger partial charge in [0.2, 0.25) is 5.91 Å². The quantitative estimate of drug-likeness (QED) is 0.255. The zero-order valence-electron chi connectivity index (χ0n) is 24.4. The number of halogens is 1. The van der Waals surface area contributed by atoms with Gasteiger partial charge in [-0.05, 0) is 43.5 Å². The number of hydrogen-bond donors (Lipinski definition) is 3. The summed E-state index contributed by atoms with van der Waals surface area (Å²) < 4.78 is 8.42. The van der Waals surface area contributed by atoms with Gasteiger partial charge in [0.05, 0.1) is 41.3 Å². The molecule has 0 bridgehead atoms. The van der Waals surface area contributed by atoms with Crippen LogP contribution in [0.1, 0.15) is 23.2 Å². The molecule has 2 fully saturated rings. The first-order chi connectivity index (χ1) is 21.1.